The molecule has 40 heavy (non-hydrogen) atoms. The molecular formula is C36H18BrNS2. The van der Waals surface area contributed by atoms with Crippen LogP contribution in [-0.2, 0) is 0 Å². The maximum absolute atomic E-state index is 3.94. The van der Waals surface area contributed by atoms with E-state index in [2.05, 4.69) is 130 Å². The van der Waals surface area contributed by atoms with E-state index in [4.69, 9.17) is 0 Å². The van der Waals surface area contributed by atoms with Gasteiger partial charge in [-0.15, -0.1) is 22.7 Å². The molecule has 0 saturated carbocycles. The molecule has 0 amide bonds. The summed E-state index contributed by atoms with van der Waals surface area (Å²) in [5, 5.41) is 13.2. The minimum Gasteiger partial charge on any atom is -0.308 e. The van der Waals surface area contributed by atoms with Gasteiger partial charge in [0.1, 0.15) is 0 Å². The van der Waals surface area contributed by atoms with Gasteiger partial charge in [-0.1, -0.05) is 82.7 Å². The van der Waals surface area contributed by atoms with Crippen LogP contribution in [0.3, 0.4) is 0 Å². The lowest BCUT2D eigenvalue weighted by atomic mass is 9.98. The molecule has 10 rings (SSSR count). The number of benzene rings is 7. The zero-order valence-corrected chi connectivity index (χ0v) is 24.3. The Morgan fingerprint density at radius 1 is 0.500 bits per heavy atom. The standard InChI is InChI=1S/C36H18BrNS2/c37-27-18-28-34(24-9-2-1-7-22(24)27)26-16-20-13-12-19-6-5-11-31-32(19)33(20)36(40-31)35(26)38(28)21-14-15-30-25(17-21)23-8-3-4-10-29(23)39-30/h1-18H. The predicted molar refractivity (Wildman–Crippen MR) is 180 cm³/mol. The fourth-order valence-electron chi connectivity index (χ4n) is 6.92. The second-order valence-electron chi connectivity index (χ2n) is 10.6. The van der Waals surface area contributed by atoms with Crippen molar-refractivity contribution in [2.24, 2.45) is 0 Å². The van der Waals surface area contributed by atoms with Gasteiger partial charge in [0.05, 0.1) is 15.7 Å². The van der Waals surface area contributed by atoms with E-state index in [1.807, 2.05) is 22.7 Å². The van der Waals surface area contributed by atoms with Crippen LogP contribution in [0.25, 0.3) is 89.4 Å². The van der Waals surface area contributed by atoms with Crippen LogP contribution in [0.5, 0.6) is 0 Å². The van der Waals surface area contributed by atoms with Gasteiger partial charge in [-0.2, -0.15) is 0 Å². The number of nitrogens with zero attached hydrogens (tertiary/aromatic N) is 1. The van der Waals surface area contributed by atoms with Crippen molar-refractivity contribution in [3.05, 3.63) is 114 Å². The average Bonchev–Trinajstić information content (AvgIpc) is 3.66. The maximum atomic E-state index is 3.94. The van der Waals surface area contributed by atoms with Crippen molar-refractivity contribution in [3.8, 4) is 5.69 Å². The summed E-state index contributed by atoms with van der Waals surface area (Å²) in [4.78, 5) is 0. The van der Waals surface area contributed by atoms with Gasteiger partial charge in [0.25, 0.3) is 0 Å². The first kappa shape index (κ1) is 21.8. The van der Waals surface area contributed by atoms with E-state index >= 15 is 0 Å². The number of rotatable bonds is 1. The minimum absolute atomic E-state index is 1.13. The van der Waals surface area contributed by atoms with Crippen LogP contribution in [0, 0.1) is 0 Å². The van der Waals surface area contributed by atoms with Crippen LogP contribution >= 0.6 is 38.6 Å². The van der Waals surface area contributed by atoms with Crippen LogP contribution in [-0.4, -0.2) is 4.57 Å². The van der Waals surface area contributed by atoms with Gasteiger partial charge in [0.2, 0.25) is 0 Å². The molecule has 0 bridgehead atoms. The maximum Gasteiger partial charge on any atom is 0.0720 e. The normalized spacial score (nSPS) is 12.6. The van der Waals surface area contributed by atoms with Gasteiger partial charge in [-0.3, -0.25) is 0 Å². The highest BCUT2D eigenvalue weighted by atomic mass is 79.9. The van der Waals surface area contributed by atoms with Crippen LogP contribution < -0.4 is 0 Å². The van der Waals surface area contributed by atoms with Crippen LogP contribution in [0.15, 0.2) is 114 Å². The van der Waals surface area contributed by atoms with Gasteiger partial charge in [0, 0.05) is 56.6 Å². The van der Waals surface area contributed by atoms with Gasteiger partial charge in [-0.25, -0.2) is 0 Å². The fourth-order valence-corrected chi connectivity index (χ4v) is 9.87. The fraction of sp³-hybridized carbons (Fsp3) is 0. The summed E-state index contributed by atoms with van der Waals surface area (Å²) in [7, 11) is 0. The van der Waals surface area contributed by atoms with Crippen molar-refractivity contribution < 1.29 is 0 Å². The molecule has 10 aromatic rings. The van der Waals surface area contributed by atoms with Crippen molar-refractivity contribution in [2.45, 2.75) is 0 Å². The van der Waals surface area contributed by atoms with E-state index in [0.29, 0.717) is 0 Å². The molecule has 0 aliphatic heterocycles. The molecule has 4 heteroatoms. The van der Waals surface area contributed by atoms with Crippen molar-refractivity contribution in [3.63, 3.8) is 0 Å². The third kappa shape index (κ3) is 2.67. The van der Waals surface area contributed by atoms with Crippen LogP contribution in [0.2, 0.25) is 0 Å². The number of hydrogen-bond donors (Lipinski definition) is 0. The number of hydrogen-bond acceptors (Lipinski definition) is 2. The molecule has 0 atom stereocenters. The van der Waals surface area contributed by atoms with E-state index in [0.717, 1.165) is 4.47 Å². The highest BCUT2D eigenvalue weighted by Gasteiger charge is 2.23. The molecule has 0 fully saturated rings. The van der Waals surface area contributed by atoms with Crippen LogP contribution in [0.4, 0.5) is 0 Å². The topological polar surface area (TPSA) is 4.93 Å². The largest absolute Gasteiger partial charge is 0.308 e. The van der Waals surface area contributed by atoms with Crippen molar-refractivity contribution in [2.75, 3.05) is 0 Å². The zero-order chi connectivity index (χ0) is 26.1. The molecular weight excluding hydrogens is 590 g/mol. The Kier molecular flexibility index (Phi) is 4.15. The highest BCUT2D eigenvalue weighted by molar-refractivity contribution is 9.10. The minimum atomic E-state index is 1.13. The molecule has 0 aliphatic carbocycles. The van der Waals surface area contributed by atoms with E-state index in [9.17, 15) is 0 Å². The summed E-state index contributed by atoms with van der Waals surface area (Å²) in [6.07, 6.45) is 0. The molecule has 0 N–H and O–H groups in total. The first-order valence-electron chi connectivity index (χ1n) is 13.4. The molecule has 3 aromatic heterocycles. The first-order valence-corrected chi connectivity index (χ1v) is 15.8. The van der Waals surface area contributed by atoms with Crippen molar-refractivity contribution in [1.82, 2.24) is 4.57 Å². The average molecular weight is 609 g/mol. The Morgan fingerprint density at radius 2 is 1.27 bits per heavy atom. The molecule has 0 aliphatic rings. The van der Waals surface area contributed by atoms with E-state index in [1.54, 1.807) is 0 Å². The van der Waals surface area contributed by atoms with Crippen LogP contribution in [0.1, 0.15) is 0 Å². The second kappa shape index (κ2) is 7.61. The number of thiophene rings is 2. The SMILES string of the molecule is Brc1cc2c(c3ccccc13)c1cc3ccc4cccc5sc(c3c45)c1n2-c1ccc2sc3ccccc3c2c1. The Hall–Kier alpha value is -3.96. The summed E-state index contributed by atoms with van der Waals surface area (Å²) < 4.78 is 9.04. The quantitative estimate of drug-likeness (QED) is 0.163. The Morgan fingerprint density at radius 3 is 2.20 bits per heavy atom. The number of aromatic nitrogens is 1. The summed E-state index contributed by atoms with van der Waals surface area (Å²) >= 11 is 7.75. The molecule has 7 aromatic carbocycles. The molecule has 0 unspecified atom stereocenters. The zero-order valence-electron chi connectivity index (χ0n) is 21.0. The highest BCUT2D eigenvalue weighted by Crippen LogP contribution is 2.49. The van der Waals surface area contributed by atoms with Gasteiger partial charge >= 0.3 is 0 Å². The summed E-state index contributed by atoms with van der Waals surface area (Å²) in [6.45, 7) is 0. The molecule has 0 spiro atoms. The number of halogens is 1. The van der Waals surface area contributed by atoms with E-state index in [-0.39, 0.29) is 0 Å². The Labute approximate surface area is 244 Å². The molecule has 0 saturated heterocycles. The third-order valence-electron chi connectivity index (χ3n) is 8.57. The van der Waals surface area contributed by atoms with E-state index in [1.165, 1.54) is 89.4 Å². The Balaban J connectivity index is 1.48. The van der Waals surface area contributed by atoms with Gasteiger partial charge in [-0.05, 0) is 64.0 Å². The summed E-state index contributed by atoms with van der Waals surface area (Å²) in [5.41, 5.74) is 3.75. The first-order chi connectivity index (χ1) is 19.7. The second-order valence-corrected chi connectivity index (χ2v) is 13.6. The van der Waals surface area contributed by atoms with Crippen molar-refractivity contribution in [1.29, 1.82) is 0 Å². The predicted octanol–water partition coefficient (Wildman–Crippen LogP) is 12.0. The monoisotopic (exact) mass is 607 g/mol. The molecule has 3 heterocycles. The van der Waals surface area contributed by atoms with E-state index < -0.39 is 0 Å². The van der Waals surface area contributed by atoms with Gasteiger partial charge in [0.15, 0.2) is 0 Å². The molecule has 186 valence electrons. The lowest BCUT2D eigenvalue weighted by molar-refractivity contribution is 1.19. The Bertz CT molecular complexity index is 2670. The summed E-state index contributed by atoms with van der Waals surface area (Å²) in [5.74, 6) is 0. The number of fused-ring (bicyclic) bond motifs is 9. The third-order valence-corrected chi connectivity index (χ3v) is 11.5. The lowest BCUT2D eigenvalue weighted by Gasteiger charge is -2.11. The molecule has 0 radical (unpaired) electrons. The van der Waals surface area contributed by atoms with Crippen molar-refractivity contribution >= 4 is 122 Å². The molecule has 1 nitrogen and oxygen atoms in total. The smallest absolute Gasteiger partial charge is 0.0720 e. The summed E-state index contributed by atoms with van der Waals surface area (Å²) in [6, 6.07) is 40.7. The lowest BCUT2D eigenvalue weighted by Crippen LogP contribution is -1.94. The van der Waals surface area contributed by atoms with Gasteiger partial charge < -0.3 is 4.57 Å².